The van der Waals surface area contributed by atoms with Crippen LogP contribution in [0.3, 0.4) is 0 Å². The molecular formula is C19H28N4O3S. The average molecular weight is 393 g/mol. The van der Waals surface area contributed by atoms with Crippen molar-refractivity contribution in [1.82, 2.24) is 16.2 Å². The maximum atomic E-state index is 11.8. The minimum Gasteiger partial charge on any atom is -0.497 e. The Morgan fingerprint density at radius 1 is 1.26 bits per heavy atom. The van der Waals surface area contributed by atoms with Gasteiger partial charge in [0.05, 0.1) is 13.3 Å². The molecule has 0 spiro atoms. The van der Waals surface area contributed by atoms with Crippen LogP contribution in [0, 0.1) is 11.8 Å². The van der Waals surface area contributed by atoms with Crippen LogP contribution in [0.2, 0.25) is 0 Å². The van der Waals surface area contributed by atoms with Crippen molar-refractivity contribution in [3.8, 4) is 5.75 Å². The largest absolute Gasteiger partial charge is 0.497 e. The lowest BCUT2D eigenvalue weighted by atomic mass is 9.78. The number of benzene rings is 1. The summed E-state index contributed by atoms with van der Waals surface area (Å²) in [6, 6.07) is 7.64. The number of thiocarbonyl (C=S) groups is 1. The normalized spacial score (nSPS) is 22.1. The molecule has 2 rings (SSSR count). The third-order valence-electron chi connectivity index (χ3n) is 4.93. The molecule has 0 saturated heterocycles. The number of hydrogen-bond donors (Lipinski definition) is 3. The molecule has 1 aromatic rings. The summed E-state index contributed by atoms with van der Waals surface area (Å²) < 4.78 is 5.08. The SMILES string of the molecule is COc1ccc(/C=N\OCC(=O)NNC(=S)N[C@H]2CCC[C@H](C)[C@H]2C)cc1. The zero-order chi connectivity index (χ0) is 19.6. The fourth-order valence-electron chi connectivity index (χ4n) is 3.04. The maximum absolute atomic E-state index is 11.8. The predicted molar refractivity (Wildman–Crippen MR) is 110 cm³/mol. The Balaban J connectivity index is 1.63. The topological polar surface area (TPSA) is 84.0 Å². The Bertz CT molecular complexity index is 651. The zero-order valence-corrected chi connectivity index (χ0v) is 16.8. The van der Waals surface area contributed by atoms with E-state index in [4.69, 9.17) is 21.8 Å². The summed E-state index contributed by atoms with van der Waals surface area (Å²) in [5.74, 6) is 1.62. The van der Waals surface area contributed by atoms with Crippen molar-refractivity contribution in [2.45, 2.75) is 39.2 Å². The lowest BCUT2D eigenvalue weighted by Crippen LogP contribution is -2.53. The Morgan fingerprint density at radius 3 is 2.70 bits per heavy atom. The van der Waals surface area contributed by atoms with Gasteiger partial charge in [0, 0.05) is 6.04 Å². The van der Waals surface area contributed by atoms with Crippen LogP contribution in [-0.2, 0) is 9.63 Å². The van der Waals surface area contributed by atoms with Crippen LogP contribution in [-0.4, -0.2) is 37.0 Å². The van der Waals surface area contributed by atoms with Gasteiger partial charge in [0.25, 0.3) is 5.91 Å². The smallest absolute Gasteiger partial charge is 0.279 e. The molecule has 0 bridgehead atoms. The van der Waals surface area contributed by atoms with Gasteiger partial charge in [0.1, 0.15) is 5.75 Å². The molecule has 0 heterocycles. The summed E-state index contributed by atoms with van der Waals surface area (Å²) in [6.45, 7) is 4.29. The molecule has 0 unspecified atom stereocenters. The molecule has 0 aliphatic heterocycles. The molecule has 8 heteroatoms. The van der Waals surface area contributed by atoms with Crippen LogP contribution in [0.25, 0.3) is 0 Å². The highest BCUT2D eigenvalue weighted by Gasteiger charge is 2.27. The Kier molecular flexibility index (Phi) is 8.32. The highest BCUT2D eigenvalue weighted by Crippen LogP contribution is 2.29. The first-order chi connectivity index (χ1) is 13.0. The van der Waals surface area contributed by atoms with Crippen LogP contribution in [0.5, 0.6) is 5.75 Å². The fraction of sp³-hybridized carbons (Fsp3) is 0.526. The molecule has 7 nitrogen and oxygen atoms in total. The molecule has 1 amide bonds. The van der Waals surface area contributed by atoms with Gasteiger partial charge >= 0.3 is 0 Å². The first-order valence-electron chi connectivity index (χ1n) is 9.14. The Morgan fingerprint density at radius 2 is 2.00 bits per heavy atom. The first kappa shape index (κ1) is 21.0. The standard InChI is InChI=1S/C19H28N4O3S/c1-13-5-4-6-17(14(13)2)21-19(27)23-22-18(24)12-26-20-11-15-7-9-16(25-3)10-8-15/h7-11,13-14,17H,4-6,12H2,1-3H3,(H,22,24)(H2,21,23,27)/b20-11-/t13-,14+,17-/m0/s1. The molecule has 1 aliphatic rings. The van der Waals surface area contributed by atoms with E-state index in [1.54, 1.807) is 7.11 Å². The molecule has 0 radical (unpaired) electrons. The molecule has 27 heavy (non-hydrogen) atoms. The lowest BCUT2D eigenvalue weighted by molar-refractivity contribution is -0.126. The van der Waals surface area contributed by atoms with E-state index in [2.05, 4.69) is 35.2 Å². The van der Waals surface area contributed by atoms with E-state index in [0.29, 0.717) is 23.0 Å². The number of oxime groups is 1. The third kappa shape index (κ3) is 7.05. The number of carbonyl (C=O) groups is 1. The molecule has 0 aromatic heterocycles. The summed E-state index contributed by atoms with van der Waals surface area (Å²) in [6.07, 6.45) is 5.06. The second kappa shape index (κ2) is 10.7. The monoisotopic (exact) mass is 392 g/mol. The van der Waals surface area contributed by atoms with Gasteiger partial charge in [-0.3, -0.25) is 15.6 Å². The number of hydrazine groups is 1. The van der Waals surface area contributed by atoms with Crippen molar-refractivity contribution in [1.29, 1.82) is 0 Å². The molecule has 3 atom stereocenters. The number of amides is 1. The molecule has 1 fully saturated rings. The van der Waals surface area contributed by atoms with Crippen LogP contribution in [0.1, 0.15) is 38.7 Å². The first-order valence-corrected chi connectivity index (χ1v) is 9.55. The molecule has 1 aromatic carbocycles. The van der Waals surface area contributed by atoms with E-state index in [0.717, 1.165) is 17.7 Å². The molecular weight excluding hydrogens is 364 g/mol. The summed E-state index contributed by atoms with van der Waals surface area (Å²) in [5.41, 5.74) is 6.06. The number of nitrogens with zero attached hydrogens (tertiary/aromatic N) is 1. The van der Waals surface area contributed by atoms with Gasteiger partial charge < -0.3 is 14.9 Å². The highest BCUT2D eigenvalue weighted by molar-refractivity contribution is 7.80. The van der Waals surface area contributed by atoms with Gasteiger partial charge in [-0.15, -0.1) is 0 Å². The summed E-state index contributed by atoms with van der Waals surface area (Å²) in [4.78, 5) is 16.8. The van der Waals surface area contributed by atoms with Crippen molar-refractivity contribution in [2.24, 2.45) is 17.0 Å². The molecule has 3 N–H and O–H groups in total. The van der Waals surface area contributed by atoms with E-state index in [1.807, 2.05) is 24.3 Å². The lowest BCUT2D eigenvalue weighted by Gasteiger charge is -2.35. The maximum Gasteiger partial charge on any atom is 0.279 e. The molecule has 1 saturated carbocycles. The predicted octanol–water partition coefficient (Wildman–Crippen LogP) is 2.37. The number of ether oxygens (including phenoxy) is 1. The summed E-state index contributed by atoms with van der Waals surface area (Å²) >= 11 is 5.25. The van der Waals surface area contributed by atoms with E-state index in [-0.39, 0.29) is 12.5 Å². The second-order valence-electron chi connectivity index (χ2n) is 6.80. The second-order valence-corrected chi connectivity index (χ2v) is 7.21. The number of methoxy groups -OCH3 is 1. The van der Waals surface area contributed by atoms with Crippen LogP contribution in [0.15, 0.2) is 29.4 Å². The third-order valence-corrected chi connectivity index (χ3v) is 5.15. The van der Waals surface area contributed by atoms with Crippen molar-refractivity contribution in [2.75, 3.05) is 13.7 Å². The van der Waals surface area contributed by atoms with Gasteiger partial charge in [-0.05, 0) is 60.3 Å². The van der Waals surface area contributed by atoms with Gasteiger partial charge in [-0.25, -0.2) is 0 Å². The molecule has 1 aliphatic carbocycles. The zero-order valence-electron chi connectivity index (χ0n) is 16.0. The van der Waals surface area contributed by atoms with E-state index >= 15 is 0 Å². The van der Waals surface area contributed by atoms with Crippen LogP contribution in [0.4, 0.5) is 0 Å². The van der Waals surface area contributed by atoms with Crippen molar-refractivity contribution < 1.29 is 14.4 Å². The van der Waals surface area contributed by atoms with Crippen molar-refractivity contribution >= 4 is 29.5 Å². The fourth-order valence-corrected chi connectivity index (χ4v) is 3.24. The van der Waals surface area contributed by atoms with Gasteiger partial charge in [-0.1, -0.05) is 31.8 Å². The minimum absolute atomic E-state index is 0.209. The van der Waals surface area contributed by atoms with Crippen molar-refractivity contribution in [3.63, 3.8) is 0 Å². The number of rotatable bonds is 6. The number of carbonyl (C=O) groups excluding carboxylic acids is 1. The minimum atomic E-state index is -0.365. The van der Waals surface area contributed by atoms with Gasteiger partial charge in [0.15, 0.2) is 11.7 Å². The van der Waals surface area contributed by atoms with Crippen molar-refractivity contribution in [3.05, 3.63) is 29.8 Å². The van der Waals surface area contributed by atoms with Crippen LogP contribution < -0.4 is 20.9 Å². The van der Waals surface area contributed by atoms with Crippen LogP contribution >= 0.6 is 12.2 Å². The molecule has 148 valence electrons. The quantitative estimate of drug-likeness (QED) is 0.392. The Labute approximate surface area is 165 Å². The van der Waals surface area contributed by atoms with Gasteiger partial charge in [-0.2, -0.15) is 0 Å². The van der Waals surface area contributed by atoms with E-state index in [9.17, 15) is 4.79 Å². The summed E-state index contributed by atoms with van der Waals surface area (Å²) in [5, 5.41) is 7.46. The average Bonchev–Trinajstić information content (AvgIpc) is 2.67. The Hall–Kier alpha value is -2.35. The van der Waals surface area contributed by atoms with E-state index < -0.39 is 0 Å². The van der Waals surface area contributed by atoms with Gasteiger partial charge in [0.2, 0.25) is 0 Å². The number of nitrogens with one attached hydrogen (secondary N) is 3. The summed E-state index contributed by atoms with van der Waals surface area (Å²) in [7, 11) is 1.61. The number of hydrogen-bond acceptors (Lipinski definition) is 5. The van der Waals surface area contributed by atoms with E-state index in [1.165, 1.54) is 19.1 Å². The highest BCUT2D eigenvalue weighted by atomic mass is 32.1.